The Bertz CT molecular complexity index is 1010. The van der Waals surface area contributed by atoms with Crippen LogP contribution < -0.4 is 0 Å². The molecule has 2 aromatic heterocycles. The van der Waals surface area contributed by atoms with E-state index in [2.05, 4.69) is 10.1 Å². The van der Waals surface area contributed by atoms with E-state index in [1.54, 1.807) is 17.3 Å². The maximum absolute atomic E-state index is 13.1. The highest BCUT2D eigenvalue weighted by Crippen LogP contribution is 2.41. The Balaban J connectivity index is 1.71. The number of hydrogen-bond acceptors (Lipinski definition) is 6. The number of sulfonamides is 1. The third-order valence-corrected chi connectivity index (χ3v) is 7.98. The van der Waals surface area contributed by atoms with Crippen molar-refractivity contribution in [3.63, 3.8) is 0 Å². The normalized spacial score (nSPS) is 21.3. The summed E-state index contributed by atoms with van der Waals surface area (Å²) >= 11 is 1.30. The van der Waals surface area contributed by atoms with Crippen LogP contribution >= 0.6 is 11.3 Å². The molecular formula is C18H19N3O3S2. The van der Waals surface area contributed by atoms with Gasteiger partial charge in [0.15, 0.2) is 5.82 Å². The molecule has 0 spiro atoms. The number of aryl methyl sites for hydroxylation is 2. The molecule has 0 saturated carbocycles. The van der Waals surface area contributed by atoms with Crippen molar-refractivity contribution in [3.05, 3.63) is 64.6 Å². The molecule has 2 unspecified atom stereocenters. The Morgan fingerprint density at radius 3 is 2.42 bits per heavy atom. The highest BCUT2D eigenvalue weighted by molar-refractivity contribution is 7.91. The molecule has 0 amide bonds. The number of thiophene rings is 1. The van der Waals surface area contributed by atoms with E-state index < -0.39 is 10.0 Å². The first-order valence-corrected chi connectivity index (χ1v) is 10.6. The molecule has 1 aromatic carbocycles. The van der Waals surface area contributed by atoms with Crippen molar-refractivity contribution >= 4 is 21.4 Å². The summed E-state index contributed by atoms with van der Waals surface area (Å²) < 4.78 is 33.5. The Morgan fingerprint density at radius 2 is 1.81 bits per heavy atom. The summed E-state index contributed by atoms with van der Waals surface area (Å²) in [5.74, 6) is 0.875. The molecule has 8 heteroatoms. The highest BCUT2D eigenvalue weighted by atomic mass is 32.2. The van der Waals surface area contributed by atoms with Gasteiger partial charge in [-0.05, 0) is 31.5 Å². The van der Waals surface area contributed by atoms with Crippen LogP contribution in [0.1, 0.15) is 34.0 Å². The molecule has 2 atom stereocenters. The minimum Gasteiger partial charge on any atom is -0.339 e. The first kappa shape index (κ1) is 17.4. The van der Waals surface area contributed by atoms with E-state index in [9.17, 15) is 8.42 Å². The monoisotopic (exact) mass is 389 g/mol. The lowest BCUT2D eigenvalue weighted by atomic mass is 9.89. The van der Waals surface area contributed by atoms with Gasteiger partial charge in [0.1, 0.15) is 4.21 Å². The minimum atomic E-state index is -3.53. The maximum Gasteiger partial charge on any atom is 0.252 e. The van der Waals surface area contributed by atoms with Crippen LogP contribution in [0.25, 0.3) is 0 Å². The van der Waals surface area contributed by atoms with Gasteiger partial charge in [-0.2, -0.15) is 9.29 Å². The van der Waals surface area contributed by atoms with Crippen molar-refractivity contribution in [1.82, 2.24) is 14.4 Å². The maximum atomic E-state index is 13.1. The smallest absolute Gasteiger partial charge is 0.252 e. The van der Waals surface area contributed by atoms with Gasteiger partial charge in [0.2, 0.25) is 5.89 Å². The summed E-state index contributed by atoms with van der Waals surface area (Å²) in [5, 5.41) is 3.89. The van der Waals surface area contributed by atoms with Gasteiger partial charge in [0, 0.05) is 23.9 Å². The van der Waals surface area contributed by atoms with Crippen molar-refractivity contribution in [2.45, 2.75) is 29.9 Å². The second kappa shape index (κ2) is 6.61. The Morgan fingerprint density at radius 1 is 1.08 bits per heavy atom. The number of benzene rings is 1. The van der Waals surface area contributed by atoms with Crippen molar-refractivity contribution in [2.75, 3.05) is 13.1 Å². The molecule has 0 bridgehead atoms. The van der Waals surface area contributed by atoms with Gasteiger partial charge in [-0.3, -0.25) is 0 Å². The van der Waals surface area contributed by atoms with Gasteiger partial charge < -0.3 is 4.52 Å². The highest BCUT2D eigenvalue weighted by Gasteiger charge is 2.43. The number of aromatic nitrogens is 2. The molecule has 1 aliphatic heterocycles. The SMILES string of the molecule is Cc1noc(C2CN(S(=O)(=O)c3ccc(C)s3)CC2c2ccccc2)n1. The lowest BCUT2D eigenvalue weighted by Gasteiger charge is -2.15. The van der Waals surface area contributed by atoms with Crippen LogP contribution in [-0.4, -0.2) is 36.0 Å². The largest absolute Gasteiger partial charge is 0.339 e. The molecule has 1 aliphatic rings. The van der Waals surface area contributed by atoms with E-state index in [1.807, 2.05) is 43.3 Å². The van der Waals surface area contributed by atoms with Crippen molar-refractivity contribution < 1.29 is 12.9 Å². The van der Waals surface area contributed by atoms with Crippen LogP contribution in [0.2, 0.25) is 0 Å². The molecule has 4 rings (SSSR count). The molecule has 0 N–H and O–H groups in total. The Labute approximate surface area is 156 Å². The van der Waals surface area contributed by atoms with Crippen LogP contribution in [0.15, 0.2) is 51.2 Å². The quantitative estimate of drug-likeness (QED) is 0.684. The fourth-order valence-electron chi connectivity index (χ4n) is 3.39. The van der Waals surface area contributed by atoms with E-state index in [1.165, 1.54) is 11.3 Å². The van der Waals surface area contributed by atoms with Crippen LogP contribution in [0.5, 0.6) is 0 Å². The zero-order chi connectivity index (χ0) is 18.3. The van der Waals surface area contributed by atoms with Crippen molar-refractivity contribution in [2.24, 2.45) is 0 Å². The predicted octanol–water partition coefficient (Wildman–Crippen LogP) is 3.32. The second-order valence-electron chi connectivity index (χ2n) is 6.49. The van der Waals surface area contributed by atoms with Gasteiger partial charge >= 0.3 is 0 Å². The molecule has 1 saturated heterocycles. The Kier molecular flexibility index (Phi) is 4.42. The fourth-order valence-corrected chi connectivity index (χ4v) is 6.32. The van der Waals surface area contributed by atoms with Gasteiger partial charge in [-0.1, -0.05) is 35.5 Å². The lowest BCUT2D eigenvalue weighted by Crippen LogP contribution is -2.28. The summed E-state index contributed by atoms with van der Waals surface area (Å²) in [6.45, 7) is 4.41. The van der Waals surface area contributed by atoms with Crippen molar-refractivity contribution in [1.29, 1.82) is 0 Å². The summed E-state index contributed by atoms with van der Waals surface area (Å²) in [4.78, 5) is 5.34. The topological polar surface area (TPSA) is 76.3 Å². The third kappa shape index (κ3) is 3.08. The van der Waals surface area contributed by atoms with E-state index in [0.717, 1.165) is 10.4 Å². The molecule has 1 fully saturated rings. The predicted molar refractivity (Wildman–Crippen MR) is 98.8 cm³/mol. The van der Waals surface area contributed by atoms with Crippen LogP contribution in [-0.2, 0) is 10.0 Å². The van der Waals surface area contributed by atoms with E-state index in [0.29, 0.717) is 29.0 Å². The number of nitrogens with zero attached hydrogens (tertiary/aromatic N) is 3. The van der Waals surface area contributed by atoms with E-state index in [-0.39, 0.29) is 11.8 Å². The summed E-state index contributed by atoms with van der Waals surface area (Å²) in [5.41, 5.74) is 1.08. The fraction of sp³-hybridized carbons (Fsp3) is 0.333. The van der Waals surface area contributed by atoms with Gasteiger partial charge in [-0.25, -0.2) is 8.42 Å². The van der Waals surface area contributed by atoms with E-state index >= 15 is 0 Å². The molecule has 0 aliphatic carbocycles. The molecule has 0 radical (unpaired) electrons. The molecule has 6 nitrogen and oxygen atoms in total. The Hall–Kier alpha value is -2.03. The average molecular weight is 390 g/mol. The molecule has 26 heavy (non-hydrogen) atoms. The van der Waals surface area contributed by atoms with Crippen LogP contribution in [0.3, 0.4) is 0 Å². The standard InChI is InChI=1S/C18H19N3O3S2/c1-12-8-9-17(25-12)26(22,23)21-10-15(14-6-4-3-5-7-14)16(11-21)18-19-13(2)20-24-18/h3-9,15-16H,10-11H2,1-2H3. The second-order valence-corrected chi connectivity index (χ2v) is 9.94. The van der Waals surface area contributed by atoms with Crippen molar-refractivity contribution in [3.8, 4) is 0 Å². The zero-order valence-corrected chi connectivity index (χ0v) is 16.1. The molecule has 136 valence electrons. The van der Waals surface area contributed by atoms with Crippen LogP contribution in [0.4, 0.5) is 0 Å². The van der Waals surface area contributed by atoms with Gasteiger partial charge in [0.25, 0.3) is 10.0 Å². The minimum absolute atomic E-state index is 0.0214. The third-order valence-electron chi connectivity index (χ3n) is 4.68. The molecule has 3 aromatic rings. The van der Waals surface area contributed by atoms with Gasteiger partial charge in [0.05, 0.1) is 5.92 Å². The van der Waals surface area contributed by atoms with Crippen LogP contribution in [0, 0.1) is 13.8 Å². The average Bonchev–Trinajstić information content (AvgIpc) is 3.34. The first-order valence-electron chi connectivity index (χ1n) is 8.37. The summed E-state index contributed by atoms with van der Waals surface area (Å²) in [6.07, 6.45) is 0. The molecule has 3 heterocycles. The summed E-state index contributed by atoms with van der Waals surface area (Å²) in [6, 6.07) is 13.4. The van der Waals surface area contributed by atoms with E-state index in [4.69, 9.17) is 4.52 Å². The molecular weight excluding hydrogens is 370 g/mol. The first-order chi connectivity index (χ1) is 12.4. The number of hydrogen-bond donors (Lipinski definition) is 0. The summed E-state index contributed by atoms with van der Waals surface area (Å²) in [7, 11) is -3.53. The zero-order valence-electron chi connectivity index (χ0n) is 14.5. The number of rotatable bonds is 4. The lowest BCUT2D eigenvalue weighted by molar-refractivity contribution is 0.345. The van der Waals surface area contributed by atoms with Gasteiger partial charge in [-0.15, -0.1) is 11.3 Å².